The summed E-state index contributed by atoms with van der Waals surface area (Å²) in [6, 6.07) is 9.74. The van der Waals surface area contributed by atoms with Gasteiger partial charge in [0.05, 0.1) is 27.0 Å². The van der Waals surface area contributed by atoms with Crippen molar-refractivity contribution in [1.82, 2.24) is 10.2 Å². The highest BCUT2D eigenvalue weighted by molar-refractivity contribution is 7.99. The molecule has 0 bridgehead atoms. The average molecular weight is 449 g/mol. The Kier molecular flexibility index (Phi) is 6.32. The van der Waals surface area contributed by atoms with Crippen LogP contribution in [-0.4, -0.2) is 21.9 Å². The number of hydrogen-bond donors (Lipinski definition) is 1. The van der Waals surface area contributed by atoms with E-state index in [9.17, 15) is 4.79 Å². The van der Waals surface area contributed by atoms with Crippen molar-refractivity contribution in [1.29, 1.82) is 0 Å². The molecule has 0 aliphatic heterocycles. The van der Waals surface area contributed by atoms with Gasteiger partial charge < -0.3 is 9.73 Å². The maximum absolute atomic E-state index is 12.0. The first kappa shape index (κ1) is 19.3. The van der Waals surface area contributed by atoms with Gasteiger partial charge in [-0.15, -0.1) is 10.2 Å². The van der Waals surface area contributed by atoms with E-state index < -0.39 is 0 Å². The number of nitrogens with one attached hydrogen (secondary N) is 1. The van der Waals surface area contributed by atoms with E-state index >= 15 is 0 Å². The third-order valence-corrected chi connectivity index (χ3v) is 5.01. The highest BCUT2D eigenvalue weighted by atomic mass is 35.5. The average Bonchev–Trinajstić information content (AvgIpc) is 3.04. The predicted molar refractivity (Wildman–Crippen MR) is 106 cm³/mol. The Morgan fingerprint density at radius 3 is 2.38 bits per heavy atom. The Morgan fingerprint density at radius 1 is 1.00 bits per heavy atom. The number of aromatic nitrogens is 2. The number of benzene rings is 2. The van der Waals surface area contributed by atoms with Gasteiger partial charge in [-0.1, -0.05) is 58.2 Å². The molecule has 10 heteroatoms. The molecule has 3 rings (SSSR count). The number of halogens is 4. The fourth-order valence-electron chi connectivity index (χ4n) is 1.94. The molecule has 1 N–H and O–H groups in total. The smallest absolute Gasteiger partial charge is 0.277 e. The van der Waals surface area contributed by atoms with Gasteiger partial charge in [0.1, 0.15) is 0 Å². The van der Waals surface area contributed by atoms with Crippen LogP contribution in [0.5, 0.6) is 0 Å². The lowest BCUT2D eigenvalue weighted by molar-refractivity contribution is -0.113. The second-order valence-corrected chi connectivity index (χ2v) is 7.57. The Bertz CT molecular complexity index is 964. The van der Waals surface area contributed by atoms with Gasteiger partial charge in [-0.3, -0.25) is 4.79 Å². The number of amides is 1. The zero-order valence-electron chi connectivity index (χ0n) is 12.8. The summed E-state index contributed by atoms with van der Waals surface area (Å²) in [7, 11) is 0. The first-order valence-electron chi connectivity index (χ1n) is 7.09. The summed E-state index contributed by atoms with van der Waals surface area (Å²) in [5, 5.41) is 12.5. The van der Waals surface area contributed by atoms with Crippen LogP contribution in [0.3, 0.4) is 0 Å². The van der Waals surface area contributed by atoms with Crippen LogP contribution in [0.1, 0.15) is 0 Å². The van der Waals surface area contributed by atoms with Crippen LogP contribution in [0.2, 0.25) is 20.1 Å². The van der Waals surface area contributed by atoms with Crippen LogP contribution >= 0.6 is 58.2 Å². The molecule has 1 aromatic heterocycles. The van der Waals surface area contributed by atoms with E-state index in [2.05, 4.69) is 15.5 Å². The number of anilines is 1. The second kappa shape index (κ2) is 8.50. The lowest BCUT2D eigenvalue weighted by Gasteiger charge is -2.06. The third-order valence-electron chi connectivity index (χ3n) is 3.10. The van der Waals surface area contributed by atoms with E-state index in [0.29, 0.717) is 31.3 Å². The van der Waals surface area contributed by atoms with Crippen molar-refractivity contribution >= 4 is 69.8 Å². The summed E-state index contributed by atoms with van der Waals surface area (Å²) in [6.45, 7) is 0. The van der Waals surface area contributed by atoms with Gasteiger partial charge in [-0.05, 0) is 36.4 Å². The fourth-order valence-corrected chi connectivity index (χ4v) is 3.45. The molecule has 5 nitrogen and oxygen atoms in total. The summed E-state index contributed by atoms with van der Waals surface area (Å²) in [5.41, 5.74) is 1.04. The van der Waals surface area contributed by atoms with E-state index in [4.69, 9.17) is 50.8 Å². The van der Waals surface area contributed by atoms with Crippen molar-refractivity contribution in [2.45, 2.75) is 5.22 Å². The van der Waals surface area contributed by atoms with Gasteiger partial charge in [0.25, 0.3) is 5.22 Å². The summed E-state index contributed by atoms with van der Waals surface area (Å²) < 4.78 is 5.52. The number of hydrogen-bond acceptors (Lipinski definition) is 5. The maximum atomic E-state index is 12.0. The first-order valence-corrected chi connectivity index (χ1v) is 9.59. The monoisotopic (exact) mass is 447 g/mol. The van der Waals surface area contributed by atoms with Crippen LogP contribution in [0, 0.1) is 0 Å². The topological polar surface area (TPSA) is 68.0 Å². The highest BCUT2D eigenvalue weighted by Crippen LogP contribution is 2.31. The molecular weight excluding hydrogens is 440 g/mol. The summed E-state index contributed by atoms with van der Waals surface area (Å²) in [5.74, 6) is 0.0356. The minimum Gasteiger partial charge on any atom is -0.411 e. The molecule has 26 heavy (non-hydrogen) atoms. The molecule has 3 aromatic rings. The molecule has 0 aliphatic rings. The van der Waals surface area contributed by atoms with Gasteiger partial charge in [0.15, 0.2) is 0 Å². The van der Waals surface area contributed by atoms with E-state index in [1.54, 1.807) is 36.4 Å². The van der Waals surface area contributed by atoms with Gasteiger partial charge in [0.2, 0.25) is 11.8 Å². The maximum Gasteiger partial charge on any atom is 0.277 e. The van der Waals surface area contributed by atoms with Crippen molar-refractivity contribution in [3.8, 4) is 11.5 Å². The van der Waals surface area contributed by atoms with Gasteiger partial charge in [-0.25, -0.2) is 0 Å². The first-order chi connectivity index (χ1) is 12.4. The minimum atomic E-state index is -0.275. The normalized spacial score (nSPS) is 10.8. The van der Waals surface area contributed by atoms with Gasteiger partial charge >= 0.3 is 0 Å². The van der Waals surface area contributed by atoms with Gasteiger partial charge in [0, 0.05) is 10.0 Å². The lowest BCUT2D eigenvalue weighted by Crippen LogP contribution is -2.14. The van der Waals surface area contributed by atoms with E-state index in [-0.39, 0.29) is 22.8 Å². The highest BCUT2D eigenvalue weighted by Gasteiger charge is 2.14. The zero-order chi connectivity index (χ0) is 18.7. The molecule has 0 aliphatic carbocycles. The fraction of sp³-hybridized carbons (Fsp3) is 0.0625. The molecule has 0 fully saturated rings. The molecule has 2 aromatic carbocycles. The number of carbonyl (C=O) groups excluding carboxylic acids is 1. The van der Waals surface area contributed by atoms with E-state index in [0.717, 1.165) is 11.8 Å². The minimum absolute atomic E-state index is 0.0644. The standard InChI is InChI=1S/C16H9Cl4N3O2S/c17-8-1-3-10(11(19)5-8)15-22-23-16(25-15)26-7-14(24)21-13-4-2-9(18)6-12(13)20/h1-6H,7H2,(H,21,24). The molecule has 0 spiro atoms. The van der Waals surface area contributed by atoms with Crippen molar-refractivity contribution in [2.24, 2.45) is 0 Å². The number of rotatable bonds is 5. The number of carbonyl (C=O) groups is 1. The molecule has 1 heterocycles. The van der Waals surface area contributed by atoms with E-state index in [1.807, 2.05) is 0 Å². The largest absolute Gasteiger partial charge is 0.411 e. The summed E-state index contributed by atoms with van der Waals surface area (Å²) in [6.07, 6.45) is 0. The molecule has 0 radical (unpaired) electrons. The Labute approximate surface area is 173 Å². The lowest BCUT2D eigenvalue weighted by atomic mass is 10.2. The second-order valence-electron chi connectivity index (χ2n) is 4.96. The van der Waals surface area contributed by atoms with Crippen LogP contribution < -0.4 is 5.32 Å². The van der Waals surface area contributed by atoms with Crippen LogP contribution in [0.4, 0.5) is 5.69 Å². The summed E-state index contributed by atoms with van der Waals surface area (Å²) in [4.78, 5) is 12.0. The zero-order valence-corrected chi connectivity index (χ0v) is 16.6. The van der Waals surface area contributed by atoms with Crippen molar-refractivity contribution < 1.29 is 9.21 Å². The van der Waals surface area contributed by atoms with Gasteiger partial charge in [-0.2, -0.15) is 0 Å². The molecule has 134 valence electrons. The van der Waals surface area contributed by atoms with Crippen LogP contribution in [-0.2, 0) is 4.79 Å². The van der Waals surface area contributed by atoms with Crippen LogP contribution in [0.25, 0.3) is 11.5 Å². The van der Waals surface area contributed by atoms with Crippen LogP contribution in [0.15, 0.2) is 46.0 Å². The molecule has 0 atom stereocenters. The Hall–Kier alpha value is -1.44. The van der Waals surface area contributed by atoms with Crippen molar-refractivity contribution in [2.75, 3.05) is 11.1 Å². The SMILES string of the molecule is O=C(CSc1nnc(-c2ccc(Cl)cc2Cl)o1)Nc1ccc(Cl)cc1Cl. The number of nitrogens with zero attached hydrogens (tertiary/aromatic N) is 2. The predicted octanol–water partition coefficient (Wildman–Crippen LogP) is 6.08. The van der Waals surface area contributed by atoms with E-state index in [1.165, 1.54) is 0 Å². The Balaban J connectivity index is 1.61. The quantitative estimate of drug-likeness (QED) is 0.479. The third kappa shape index (κ3) is 4.84. The van der Waals surface area contributed by atoms with Crippen molar-refractivity contribution in [3.63, 3.8) is 0 Å². The Morgan fingerprint density at radius 2 is 1.69 bits per heavy atom. The molecule has 1 amide bonds. The molecule has 0 saturated heterocycles. The molecule has 0 unspecified atom stereocenters. The van der Waals surface area contributed by atoms with Crippen molar-refractivity contribution in [3.05, 3.63) is 56.5 Å². The number of thioether (sulfide) groups is 1. The summed E-state index contributed by atoms with van der Waals surface area (Å²) >= 11 is 24.9. The molecular formula is C16H9Cl4N3O2S. The molecule has 0 saturated carbocycles.